The van der Waals surface area contributed by atoms with Crippen molar-refractivity contribution in [1.29, 1.82) is 0 Å². The van der Waals surface area contributed by atoms with Gasteiger partial charge < -0.3 is 9.47 Å². The zero-order valence-electron chi connectivity index (χ0n) is 18.0. The average Bonchev–Trinajstić information content (AvgIpc) is 2.79. The minimum Gasteiger partial charge on any atom is -0.494 e. The van der Waals surface area contributed by atoms with Gasteiger partial charge in [0.25, 0.3) is 0 Å². The highest BCUT2D eigenvalue weighted by Crippen LogP contribution is 2.32. The fourth-order valence-electron chi connectivity index (χ4n) is 3.59. The molecule has 0 N–H and O–H groups in total. The number of carbonyl (C=O) groups excluding carboxylic acids is 1. The number of hydrogen-bond acceptors (Lipinski definition) is 7. The number of fused-ring (bicyclic) bond motifs is 1. The van der Waals surface area contributed by atoms with Gasteiger partial charge in [-0.3, -0.25) is 9.69 Å². The molecule has 4 rings (SSSR count). The highest BCUT2D eigenvalue weighted by Gasteiger charge is 2.16. The van der Waals surface area contributed by atoms with Crippen LogP contribution < -0.4 is 4.74 Å². The molecule has 1 fully saturated rings. The van der Waals surface area contributed by atoms with E-state index in [0.717, 1.165) is 59.4 Å². The van der Waals surface area contributed by atoms with Crippen LogP contribution in [0, 0.1) is 0 Å². The van der Waals surface area contributed by atoms with E-state index in [-0.39, 0.29) is 5.78 Å². The van der Waals surface area contributed by atoms with E-state index in [1.54, 1.807) is 18.7 Å². The zero-order valence-corrected chi connectivity index (χ0v) is 18.8. The smallest absolute Gasteiger partial charge is 0.159 e. The van der Waals surface area contributed by atoms with Crippen molar-refractivity contribution >= 4 is 28.4 Å². The molecule has 0 saturated carbocycles. The van der Waals surface area contributed by atoms with E-state index < -0.39 is 0 Å². The van der Waals surface area contributed by atoms with Crippen molar-refractivity contribution in [1.82, 2.24) is 14.9 Å². The molecule has 0 bridgehead atoms. The minimum atomic E-state index is 0.0505. The number of aromatic nitrogens is 2. The number of Topliss-reactive ketones (excluding diaryl/α,β-unsaturated/α-hetero) is 1. The van der Waals surface area contributed by atoms with Crippen molar-refractivity contribution in [2.24, 2.45) is 0 Å². The van der Waals surface area contributed by atoms with E-state index >= 15 is 0 Å². The normalized spacial score (nSPS) is 14.6. The summed E-state index contributed by atoms with van der Waals surface area (Å²) in [6, 6.07) is 13.8. The third kappa shape index (κ3) is 5.42. The molecule has 1 aromatic heterocycles. The van der Waals surface area contributed by atoms with Crippen molar-refractivity contribution in [2.75, 3.05) is 32.9 Å². The van der Waals surface area contributed by atoms with Gasteiger partial charge in [0.1, 0.15) is 16.6 Å². The number of hydrogen-bond donors (Lipinski definition) is 0. The molecule has 2 aromatic carbocycles. The number of thioether (sulfide) groups is 1. The van der Waals surface area contributed by atoms with E-state index in [0.29, 0.717) is 24.5 Å². The molecule has 7 heteroatoms. The lowest BCUT2D eigenvalue weighted by Gasteiger charge is -2.26. The number of rotatable bonds is 8. The predicted molar refractivity (Wildman–Crippen MR) is 123 cm³/mol. The van der Waals surface area contributed by atoms with E-state index in [2.05, 4.69) is 11.0 Å². The van der Waals surface area contributed by atoms with Crippen molar-refractivity contribution in [3.8, 4) is 5.75 Å². The standard InChI is InChI=1S/C24H27N3O3S/c1-3-30-22-9-8-18(17(2)28)14-19(22)16-31-24-20-6-4-5-7-21(20)25-23(26-24)15-27-10-12-29-13-11-27/h4-9,14H,3,10-13,15-16H2,1-2H3. The summed E-state index contributed by atoms with van der Waals surface area (Å²) in [4.78, 5) is 23.9. The second kappa shape index (κ2) is 10.2. The van der Waals surface area contributed by atoms with Gasteiger partial charge in [-0.2, -0.15) is 0 Å². The lowest BCUT2D eigenvalue weighted by molar-refractivity contribution is 0.0330. The van der Waals surface area contributed by atoms with Crippen LogP contribution in [0.15, 0.2) is 47.5 Å². The number of ether oxygens (including phenoxy) is 2. The molecule has 3 aromatic rings. The summed E-state index contributed by atoms with van der Waals surface area (Å²) in [5, 5.41) is 1.99. The maximum atomic E-state index is 11.9. The highest BCUT2D eigenvalue weighted by molar-refractivity contribution is 7.98. The first-order chi connectivity index (χ1) is 15.1. The Balaban J connectivity index is 1.61. The second-order valence-corrected chi connectivity index (χ2v) is 8.42. The van der Waals surface area contributed by atoms with Gasteiger partial charge in [-0.15, -0.1) is 11.8 Å². The molecule has 0 atom stereocenters. The van der Waals surface area contributed by atoms with Gasteiger partial charge in [0, 0.05) is 35.4 Å². The van der Waals surface area contributed by atoms with Gasteiger partial charge in [0.05, 0.1) is 31.9 Å². The number of carbonyl (C=O) groups is 1. The van der Waals surface area contributed by atoms with Gasteiger partial charge in [0.2, 0.25) is 0 Å². The van der Waals surface area contributed by atoms with Crippen LogP contribution in [0.25, 0.3) is 10.9 Å². The Labute approximate surface area is 187 Å². The fraction of sp³-hybridized carbons (Fsp3) is 0.375. The van der Waals surface area contributed by atoms with Gasteiger partial charge >= 0.3 is 0 Å². The monoisotopic (exact) mass is 437 g/mol. The number of ketones is 1. The summed E-state index contributed by atoms with van der Waals surface area (Å²) in [5.41, 5.74) is 2.64. The number of morpholine rings is 1. The van der Waals surface area contributed by atoms with Crippen molar-refractivity contribution in [3.63, 3.8) is 0 Å². The molecule has 1 saturated heterocycles. The molecule has 162 valence electrons. The van der Waals surface area contributed by atoms with Gasteiger partial charge in [-0.05, 0) is 38.1 Å². The summed E-state index contributed by atoms with van der Waals surface area (Å²) in [7, 11) is 0. The maximum Gasteiger partial charge on any atom is 0.159 e. The van der Waals surface area contributed by atoms with E-state index in [4.69, 9.17) is 19.4 Å². The van der Waals surface area contributed by atoms with Crippen molar-refractivity contribution in [3.05, 3.63) is 59.4 Å². The largest absolute Gasteiger partial charge is 0.494 e. The van der Waals surface area contributed by atoms with E-state index in [1.165, 1.54) is 0 Å². The molecule has 0 amide bonds. The quantitative estimate of drug-likeness (QED) is 0.295. The Kier molecular flexibility index (Phi) is 7.17. The molecule has 0 radical (unpaired) electrons. The summed E-state index contributed by atoms with van der Waals surface area (Å²) in [6.07, 6.45) is 0. The summed E-state index contributed by atoms with van der Waals surface area (Å²) < 4.78 is 11.2. The highest BCUT2D eigenvalue weighted by atomic mass is 32.2. The molecule has 0 spiro atoms. The SMILES string of the molecule is CCOc1ccc(C(C)=O)cc1CSc1nc(CN2CCOCC2)nc2ccccc12. The lowest BCUT2D eigenvalue weighted by atomic mass is 10.1. The molecule has 1 aliphatic heterocycles. The molecule has 0 aliphatic carbocycles. The van der Waals surface area contributed by atoms with E-state index in [9.17, 15) is 4.79 Å². The third-order valence-electron chi connectivity index (χ3n) is 5.21. The topological polar surface area (TPSA) is 64.5 Å². The lowest BCUT2D eigenvalue weighted by Crippen LogP contribution is -2.36. The van der Waals surface area contributed by atoms with Gasteiger partial charge in [-0.1, -0.05) is 18.2 Å². The molecular formula is C24H27N3O3S. The molecule has 31 heavy (non-hydrogen) atoms. The Morgan fingerprint density at radius 3 is 2.74 bits per heavy atom. The van der Waals surface area contributed by atoms with E-state index in [1.807, 2.05) is 43.3 Å². The van der Waals surface area contributed by atoms with Gasteiger partial charge in [0.15, 0.2) is 5.78 Å². The zero-order chi connectivity index (χ0) is 21.6. The van der Waals surface area contributed by atoms with Crippen LogP contribution in [0.5, 0.6) is 5.75 Å². The first kappa shape index (κ1) is 21.7. The van der Waals surface area contributed by atoms with Crippen LogP contribution in [0.4, 0.5) is 0 Å². The summed E-state index contributed by atoms with van der Waals surface area (Å²) in [5.74, 6) is 2.35. The van der Waals surface area contributed by atoms with Crippen LogP contribution in [0.2, 0.25) is 0 Å². The molecule has 6 nitrogen and oxygen atoms in total. The number of para-hydroxylation sites is 1. The molecule has 1 aliphatic rings. The Bertz CT molecular complexity index is 1070. The fourth-order valence-corrected chi connectivity index (χ4v) is 4.60. The Hall–Kier alpha value is -2.48. The Morgan fingerprint density at radius 1 is 1.16 bits per heavy atom. The van der Waals surface area contributed by atoms with Gasteiger partial charge in [-0.25, -0.2) is 9.97 Å². The third-order valence-corrected chi connectivity index (χ3v) is 6.25. The average molecular weight is 438 g/mol. The van der Waals surface area contributed by atoms with Crippen molar-refractivity contribution in [2.45, 2.75) is 31.2 Å². The molecular weight excluding hydrogens is 410 g/mol. The molecule has 0 unspecified atom stereocenters. The van der Waals surface area contributed by atoms with Crippen LogP contribution in [-0.4, -0.2) is 53.6 Å². The molecule has 2 heterocycles. The minimum absolute atomic E-state index is 0.0505. The maximum absolute atomic E-state index is 11.9. The van der Waals surface area contributed by atoms with Crippen LogP contribution in [-0.2, 0) is 17.0 Å². The van der Waals surface area contributed by atoms with Crippen LogP contribution >= 0.6 is 11.8 Å². The Morgan fingerprint density at radius 2 is 1.97 bits per heavy atom. The number of nitrogens with zero attached hydrogens (tertiary/aromatic N) is 3. The van der Waals surface area contributed by atoms with Crippen LogP contribution in [0.1, 0.15) is 35.6 Å². The first-order valence-corrected chi connectivity index (χ1v) is 11.6. The second-order valence-electron chi connectivity index (χ2n) is 7.45. The van der Waals surface area contributed by atoms with Crippen molar-refractivity contribution < 1.29 is 14.3 Å². The predicted octanol–water partition coefficient (Wildman–Crippen LogP) is 4.36. The first-order valence-electron chi connectivity index (χ1n) is 10.6. The summed E-state index contributed by atoms with van der Waals surface area (Å²) >= 11 is 1.65. The summed E-state index contributed by atoms with van der Waals surface area (Å²) in [6.45, 7) is 8.14. The van der Waals surface area contributed by atoms with Crippen LogP contribution in [0.3, 0.4) is 0 Å². The number of benzene rings is 2.